The summed E-state index contributed by atoms with van der Waals surface area (Å²) in [6, 6.07) is 12.6. The Labute approximate surface area is 117 Å². The van der Waals surface area contributed by atoms with E-state index in [9.17, 15) is 4.39 Å². The van der Waals surface area contributed by atoms with Gasteiger partial charge in [-0.15, -0.1) is 0 Å². The van der Waals surface area contributed by atoms with Crippen LogP contribution in [0.1, 0.15) is 11.1 Å². The predicted octanol–water partition coefficient (Wildman–Crippen LogP) is 4.24. The highest BCUT2D eigenvalue weighted by atomic mass is 35.5. The highest BCUT2D eigenvalue weighted by Gasteiger charge is 2.03. The Hall–Kier alpha value is -1.58. The molecular weight excluding hydrogens is 265 g/mol. The SMILES string of the molecule is COCc1ccccc1NCc1ccc(F)c(Cl)c1. The average molecular weight is 280 g/mol. The van der Waals surface area contributed by atoms with Crippen molar-refractivity contribution in [3.05, 3.63) is 64.4 Å². The van der Waals surface area contributed by atoms with Crippen LogP contribution >= 0.6 is 11.6 Å². The molecule has 0 aliphatic heterocycles. The summed E-state index contributed by atoms with van der Waals surface area (Å²) in [6.07, 6.45) is 0. The van der Waals surface area contributed by atoms with E-state index in [-0.39, 0.29) is 5.02 Å². The molecule has 2 rings (SSSR count). The highest BCUT2D eigenvalue weighted by Crippen LogP contribution is 2.19. The van der Waals surface area contributed by atoms with E-state index in [1.807, 2.05) is 24.3 Å². The predicted molar refractivity (Wildman–Crippen MR) is 75.9 cm³/mol. The van der Waals surface area contributed by atoms with Gasteiger partial charge in [-0.25, -0.2) is 4.39 Å². The van der Waals surface area contributed by atoms with Crippen molar-refractivity contribution in [1.82, 2.24) is 0 Å². The molecule has 0 amide bonds. The van der Waals surface area contributed by atoms with E-state index in [1.165, 1.54) is 6.07 Å². The van der Waals surface area contributed by atoms with Gasteiger partial charge in [0, 0.05) is 24.9 Å². The second kappa shape index (κ2) is 6.55. The number of ether oxygens (including phenoxy) is 1. The highest BCUT2D eigenvalue weighted by molar-refractivity contribution is 6.30. The minimum Gasteiger partial charge on any atom is -0.381 e. The Balaban J connectivity index is 2.07. The molecule has 0 fully saturated rings. The molecule has 2 aromatic carbocycles. The zero-order chi connectivity index (χ0) is 13.7. The minimum atomic E-state index is -0.398. The van der Waals surface area contributed by atoms with E-state index >= 15 is 0 Å². The molecule has 0 saturated heterocycles. The van der Waals surface area contributed by atoms with Gasteiger partial charge in [-0.1, -0.05) is 35.9 Å². The fourth-order valence-electron chi connectivity index (χ4n) is 1.82. The fraction of sp³-hybridized carbons (Fsp3) is 0.200. The molecule has 1 N–H and O–H groups in total. The van der Waals surface area contributed by atoms with Crippen molar-refractivity contribution in [2.75, 3.05) is 12.4 Å². The Morgan fingerprint density at radius 3 is 2.74 bits per heavy atom. The van der Waals surface area contributed by atoms with Crippen molar-refractivity contribution in [2.45, 2.75) is 13.2 Å². The van der Waals surface area contributed by atoms with Crippen LogP contribution in [0.5, 0.6) is 0 Å². The molecule has 0 aliphatic rings. The molecule has 0 spiro atoms. The third-order valence-corrected chi connectivity index (χ3v) is 3.07. The summed E-state index contributed by atoms with van der Waals surface area (Å²) in [5.74, 6) is -0.398. The topological polar surface area (TPSA) is 21.3 Å². The summed E-state index contributed by atoms with van der Waals surface area (Å²) < 4.78 is 18.2. The van der Waals surface area contributed by atoms with E-state index in [1.54, 1.807) is 19.2 Å². The lowest BCUT2D eigenvalue weighted by Crippen LogP contribution is -2.03. The van der Waals surface area contributed by atoms with Crippen LogP contribution in [0, 0.1) is 5.82 Å². The van der Waals surface area contributed by atoms with E-state index in [2.05, 4.69) is 5.32 Å². The van der Waals surface area contributed by atoms with Gasteiger partial charge in [0.1, 0.15) is 5.82 Å². The van der Waals surface area contributed by atoms with Gasteiger partial charge < -0.3 is 10.1 Å². The molecule has 4 heteroatoms. The maximum absolute atomic E-state index is 13.1. The molecule has 0 bridgehead atoms. The lowest BCUT2D eigenvalue weighted by Gasteiger charge is -2.11. The zero-order valence-corrected chi connectivity index (χ0v) is 11.4. The molecule has 0 atom stereocenters. The van der Waals surface area contributed by atoms with Gasteiger partial charge in [-0.3, -0.25) is 0 Å². The Bertz CT molecular complexity index is 560. The third-order valence-electron chi connectivity index (χ3n) is 2.78. The zero-order valence-electron chi connectivity index (χ0n) is 10.6. The number of hydrogen-bond acceptors (Lipinski definition) is 2. The minimum absolute atomic E-state index is 0.143. The van der Waals surface area contributed by atoms with Crippen molar-refractivity contribution < 1.29 is 9.13 Å². The van der Waals surface area contributed by atoms with Gasteiger partial charge >= 0.3 is 0 Å². The third kappa shape index (κ3) is 3.69. The van der Waals surface area contributed by atoms with Gasteiger partial charge in [-0.2, -0.15) is 0 Å². The lowest BCUT2D eigenvalue weighted by molar-refractivity contribution is 0.185. The van der Waals surface area contributed by atoms with Crippen LogP contribution in [0.2, 0.25) is 5.02 Å². The van der Waals surface area contributed by atoms with Crippen molar-refractivity contribution in [2.24, 2.45) is 0 Å². The number of para-hydroxylation sites is 1. The largest absolute Gasteiger partial charge is 0.381 e. The van der Waals surface area contributed by atoms with E-state index in [4.69, 9.17) is 16.3 Å². The standard InChI is InChI=1S/C15H15ClFNO/c1-19-10-12-4-2-3-5-15(12)18-9-11-6-7-14(17)13(16)8-11/h2-8,18H,9-10H2,1H3. The first-order chi connectivity index (χ1) is 9.20. The van der Waals surface area contributed by atoms with Crippen molar-refractivity contribution in [1.29, 1.82) is 0 Å². The lowest BCUT2D eigenvalue weighted by atomic mass is 10.1. The number of anilines is 1. The Morgan fingerprint density at radius 2 is 2.00 bits per heavy atom. The molecule has 100 valence electrons. The van der Waals surface area contributed by atoms with E-state index in [0.717, 1.165) is 16.8 Å². The van der Waals surface area contributed by atoms with E-state index < -0.39 is 5.82 Å². The molecule has 2 aromatic rings. The van der Waals surface area contributed by atoms with Crippen LogP contribution in [0.25, 0.3) is 0 Å². The molecule has 0 saturated carbocycles. The van der Waals surface area contributed by atoms with Crippen LogP contribution in [-0.4, -0.2) is 7.11 Å². The summed E-state index contributed by atoms with van der Waals surface area (Å²) in [4.78, 5) is 0. The van der Waals surface area contributed by atoms with Crippen molar-refractivity contribution in [3.63, 3.8) is 0 Å². The van der Waals surface area contributed by atoms with Gasteiger partial charge in [-0.05, 0) is 23.8 Å². The van der Waals surface area contributed by atoms with Crippen LogP contribution in [0.4, 0.5) is 10.1 Å². The molecule has 0 aliphatic carbocycles. The van der Waals surface area contributed by atoms with Crippen LogP contribution in [0.15, 0.2) is 42.5 Å². The van der Waals surface area contributed by atoms with Gasteiger partial charge in [0.15, 0.2) is 0 Å². The molecule has 0 aromatic heterocycles. The van der Waals surface area contributed by atoms with Crippen molar-refractivity contribution >= 4 is 17.3 Å². The maximum atomic E-state index is 13.1. The van der Waals surface area contributed by atoms with E-state index in [0.29, 0.717) is 13.2 Å². The average Bonchev–Trinajstić information content (AvgIpc) is 2.42. The van der Waals surface area contributed by atoms with Gasteiger partial charge in [0.2, 0.25) is 0 Å². The number of hydrogen-bond donors (Lipinski definition) is 1. The molecule has 0 radical (unpaired) electrons. The summed E-state index contributed by atoms with van der Waals surface area (Å²) in [6.45, 7) is 1.13. The number of nitrogens with one attached hydrogen (secondary N) is 1. The van der Waals surface area contributed by atoms with Gasteiger partial charge in [0.05, 0.1) is 11.6 Å². The number of methoxy groups -OCH3 is 1. The van der Waals surface area contributed by atoms with Crippen molar-refractivity contribution in [3.8, 4) is 0 Å². The molecule has 0 unspecified atom stereocenters. The smallest absolute Gasteiger partial charge is 0.141 e. The molecular formula is C15H15ClFNO. The maximum Gasteiger partial charge on any atom is 0.141 e. The molecule has 2 nitrogen and oxygen atoms in total. The normalized spacial score (nSPS) is 10.5. The second-order valence-electron chi connectivity index (χ2n) is 4.19. The number of halogens is 2. The van der Waals surface area contributed by atoms with Crippen LogP contribution < -0.4 is 5.32 Å². The molecule has 19 heavy (non-hydrogen) atoms. The first kappa shape index (κ1) is 13.8. The van der Waals surface area contributed by atoms with Gasteiger partial charge in [0.25, 0.3) is 0 Å². The van der Waals surface area contributed by atoms with Crippen LogP contribution in [-0.2, 0) is 17.9 Å². The summed E-state index contributed by atoms with van der Waals surface area (Å²) >= 11 is 5.75. The quantitative estimate of drug-likeness (QED) is 0.884. The first-order valence-electron chi connectivity index (χ1n) is 5.95. The summed E-state index contributed by atoms with van der Waals surface area (Å²) in [5.41, 5.74) is 3.02. The fourth-order valence-corrected chi connectivity index (χ4v) is 2.02. The monoisotopic (exact) mass is 279 g/mol. The Kier molecular flexibility index (Phi) is 4.77. The van der Waals surface area contributed by atoms with Crippen LogP contribution in [0.3, 0.4) is 0 Å². The Morgan fingerprint density at radius 1 is 1.21 bits per heavy atom. The summed E-state index contributed by atoms with van der Waals surface area (Å²) in [5, 5.41) is 3.44. The first-order valence-corrected chi connectivity index (χ1v) is 6.33. The summed E-state index contributed by atoms with van der Waals surface area (Å²) in [7, 11) is 1.66. The second-order valence-corrected chi connectivity index (χ2v) is 4.60. The number of benzene rings is 2. The molecule has 0 heterocycles. The number of rotatable bonds is 5.